The largest absolute Gasteiger partial charge is 0.364 e. The van der Waals surface area contributed by atoms with Crippen molar-refractivity contribution >= 4 is 29.5 Å². The van der Waals surface area contributed by atoms with Gasteiger partial charge in [0.25, 0.3) is 17.7 Å². The summed E-state index contributed by atoms with van der Waals surface area (Å²) in [6.45, 7) is 0. The molecule has 0 bridgehead atoms. The van der Waals surface area contributed by atoms with Crippen molar-refractivity contribution in [2.45, 2.75) is 38.1 Å². The van der Waals surface area contributed by atoms with Gasteiger partial charge in [-0.05, 0) is 43.0 Å². The van der Waals surface area contributed by atoms with Crippen molar-refractivity contribution in [3.05, 3.63) is 64.5 Å². The summed E-state index contributed by atoms with van der Waals surface area (Å²) in [7, 11) is 0. The Morgan fingerprint density at radius 3 is 2.73 bits per heavy atom. The van der Waals surface area contributed by atoms with E-state index >= 15 is 0 Å². The average Bonchev–Trinajstić information content (AvgIpc) is 3.05. The Morgan fingerprint density at radius 1 is 1.15 bits per heavy atom. The minimum Gasteiger partial charge on any atom is -0.364 e. The summed E-state index contributed by atoms with van der Waals surface area (Å²) in [6.07, 6.45) is 3.35. The molecular formula is C24H20N4O5. The fourth-order valence-electron chi connectivity index (χ4n) is 4.01. The molecule has 166 valence electrons. The lowest BCUT2D eigenvalue weighted by molar-refractivity contribution is -0.136. The predicted molar refractivity (Wildman–Crippen MR) is 116 cm³/mol. The maximum atomic E-state index is 13.1. The van der Waals surface area contributed by atoms with E-state index < -0.39 is 35.6 Å². The molecule has 2 aromatic rings. The summed E-state index contributed by atoms with van der Waals surface area (Å²) in [4.78, 5) is 65.9. The van der Waals surface area contributed by atoms with Crippen LogP contribution in [0, 0.1) is 11.8 Å². The molecule has 9 nitrogen and oxygen atoms in total. The summed E-state index contributed by atoms with van der Waals surface area (Å²) in [5.41, 5.74) is 7.09. The molecule has 1 saturated heterocycles. The highest BCUT2D eigenvalue weighted by Gasteiger charge is 2.45. The predicted octanol–water partition coefficient (Wildman–Crippen LogP) is 0.956. The third kappa shape index (κ3) is 4.23. The third-order valence-corrected chi connectivity index (χ3v) is 5.56. The number of nitrogens with two attached hydrogens (primary N) is 1. The summed E-state index contributed by atoms with van der Waals surface area (Å²) < 4.78 is 0. The van der Waals surface area contributed by atoms with Gasteiger partial charge in [-0.25, -0.2) is 0 Å². The molecule has 4 rings (SSSR count). The number of pyridine rings is 1. The molecule has 5 amide bonds. The van der Waals surface area contributed by atoms with Crippen molar-refractivity contribution in [2.75, 3.05) is 0 Å². The molecule has 2 aliphatic heterocycles. The van der Waals surface area contributed by atoms with Gasteiger partial charge in [-0.2, -0.15) is 0 Å². The Labute approximate surface area is 189 Å². The number of unbranched alkanes of at least 4 members (excludes halogenated alkanes) is 1. The topological polar surface area (TPSA) is 140 Å². The van der Waals surface area contributed by atoms with E-state index in [-0.39, 0.29) is 29.7 Å². The van der Waals surface area contributed by atoms with Gasteiger partial charge in [0.2, 0.25) is 11.8 Å². The molecule has 0 spiro atoms. The minimum atomic E-state index is -1.02. The molecule has 0 radical (unpaired) electrons. The van der Waals surface area contributed by atoms with Crippen molar-refractivity contribution in [1.82, 2.24) is 15.2 Å². The second-order valence-electron chi connectivity index (χ2n) is 7.71. The molecule has 3 N–H and O–H groups in total. The molecule has 1 aromatic carbocycles. The van der Waals surface area contributed by atoms with Gasteiger partial charge in [0, 0.05) is 24.6 Å². The van der Waals surface area contributed by atoms with E-state index in [0.717, 1.165) is 10.5 Å². The number of nitrogens with zero attached hydrogens (tertiary/aromatic N) is 2. The zero-order valence-electron chi connectivity index (χ0n) is 17.6. The molecule has 1 atom stereocenters. The van der Waals surface area contributed by atoms with Crippen LogP contribution in [0.5, 0.6) is 0 Å². The zero-order chi connectivity index (χ0) is 23.5. The van der Waals surface area contributed by atoms with Crippen LogP contribution in [-0.2, 0) is 16.0 Å². The summed E-state index contributed by atoms with van der Waals surface area (Å²) in [5, 5.41) is 2.18. The maximum absolute atomic E-state index is 13.1. The number of benzene rings is 1. The van der Waals surface area contributed by atoms with Crippen LogP contribution < -0.4 is 11.1 Å². The van der Waals surface area contributed by atoms with Crippen LogP contribution in [0.1, 0.15) is 68.0 Å². The van der Waals surface area contributed by atoms with Gasteiger partial charge < -0.3 is 5.73 Å². The van der Waals surface area contributed by atoms with Crippen molar-refractivity contribution in [2.24, 2.45) is 5.73 Å². The van der Waals surface area contributed by atoms with Crippen LogP contribution >= 0.6 is 0 Å². The lowest BCUT2D eigenvalue weighted by atomic mass is 10.0. The number of piperidine rings is 1. The number of carbonyl (C=O) groups excluding carboxylic acids is 5. The van der Waals surface area contributed by atoms with Crippen LogP contribution in [0.15, 0.2) is 36.5 Å². The van der Waals surface area contributed by atoms with E-state index in [1.54, 1.807) is 24.3 Å². The van der Waals surface area contributed by atoms with Gasteiger partial charge in [-0.3, -0.25) is 39.2 Å². The van der Waals surface area contributed by atoms with Gasteiger partial charge in [0.05, 0.1) is 11.1 Å². The number of carbonyl (C=O) groups is 5. The first-order valence-electron chi connectivity index (χ1n) is 10.5. The Hall–Kier alpha value is -4.32. The van der Waals surface area contributed by atoms with E-state index in [1.165, 1.54) is 12.3 Å². The average molecular weight is 444 g/mol. The number of aryl methyl sites for hydroxylation is 1. The Balaban J connectivity index is 1.48. The molecule has 33 heavy (non-hydrogen) atoms. The van der Waals surface area contributed by atoms with E-state index in [4.69, 9.17) is 5.73 Å². The first-order chi connectivity index (χ1) is 15.9. The van der Waals surface area contributed by atoms with Crippen LogP contribution in [0.4, 0.5) is 0 Å². The highest BCUT2D eigenvalue weighted by molar-refractivity contribution is 6.24. The first kappa shape index (κ1) is 21.9. The minimum absolute atomic E-state index is 0.0604. The normalized spacial score (nSPS) is 17.3. The lowest BCUT2D eigenvalue weighted by Crippen LogP contribution is -2.54. The highest BCUT2D eigenvalue weighted by Crippen LogP contribution is 2.29. The second-order valence-corrected chi connectivity index (χ2v) is 7.71. The van der Waals surface area contributed by atoms with Gasteiger partial charge in [0.15, 0.2) is 0 Å². The number of fused-ring (bicyclic) bond motifs is 1. The van der Waals surface area contributed by atoms with Crippen molar-refractivity contribution in [3.8, 4) is 11.8 Å². The molecule has 1 unspecified atom stereocenters. The Morgan fingerprint density at radius 2 is 1.97 bits per heavy atom. The highest BCUT2D eigenvalue weighted by atomic mass is 16.2. The summed E-state index contributed by atoms with van der Waals surface area (Å²) in [6, 6.07) is 7.32. The molecule has 1 aromatic heterocycles. The second kappa shape index (κ2) is 9.04. The summed E-state index contributed by atoms with van der Waals surface area (Å²) in [5.74, 6) is 3.14. The van der Waals surface area contributed by atoms with Crippen LogP contribution in [0.25, 0.3) is 0 Å². The van der Waals surface area contributed by atoms with Crippen molar-refractivity contribution < 1.29 is 24.0 Å². The Bertz CT molecular complexity index is 1260. The Kier molecular flexibility index (Phi) is 6.00. The van der Waals surface area contributed by atoms with Crippen LogP contribution in [-0.4, -0.2) is 45.5 Å². The van der Waals surface area contributed by atoms with Crippen molar-refractivity contribution in [3.63, 3.8) is 0 Å². The number of amides is 5. The number of hydrogen-bond donors (Lipinski definition) is 2. The molecule has 0 aliphatic carbocycles. The smallest absolute Gasteiger partial charge is 0.267 e. The van der Waals surface area contributed by atoms with Gasteiger partial charge in [0.1, 0.15) is 11.7 Å². The van der Waals surface area contributed by atoms with Gasteiger partial charge in [-0.1, -0.05) is 24.0 Å². The fraction of sp³-hybridized carbons (Fsp3) is 0.250. The number of rotatable bonds is 5. The number of hydrogen-bond acceptors (Lipinski definition) is 6. The number of aromatic nitrogens is 1. The number of imide groups is 2. The monoisotopic (exact) mass is 444 g/mol. The number of nitrogens with one attached hydrogen (secondary N) is 1. The summed E-state index contributed by atoms with van der Waals surface area (Å²) >= 11 is 0. The number of primary amides is 1. The molecule has 1 fully saturated rings. The van der Waals surface area contributed by atoms with E-state index in [9.17, 15) is 24.0 Å². The van der Waals surface area contributed by atoms with Crippen molar-refractivity contribution in [1.29, 1.82) is 0 Å². The third-order valence-electron chi connectivity index (χ3n) is 5.56. The standard InChI is InChI=1S/C24H20N4O5/c25-21(30)20-15(9-5-13-26-20)7-3-1-2-6-14-8-4-10-16-19(14)24(33)28(23(16)32)17-11-12-18(29)27-22(17)31/h4-5,8-10,13,17H,1,3,7,11-12H2,(H2,25,30)(H,27,29,31). The van der Waals surface area contributed by atoms with Gasteiger partial charge in [-0.15, -0.1) is 0 Å². The molecule has 0 saturated carbocycles. The molecule has 2 aliphatic rings. The molecular weight excluding hydrogens is 424 g/mol. The van der Waals surface area contributed by atoms with E-state index in [0.29, 0.717) is 24.8 Å². The maximum Gasteiger partial charge on any atom is 0.267 e. The van der Waals surface area contributed by atoms with Crippen LogP contribution in [0.3, 0.4) is 0 Å². The SMILES string of the molecule is NC(=O)c1ncccc1CCCC#Cc1cccc2c1C(=O)N(C1CCC(=O)NC1=O)C2=O. The van der Waals surface area contributed by atoms with Crippen LogP contribution in [0.2, 0.25) is 0 Å². The first-order valence-corrected chi connectivity index (χ1v) is 10.5. The quantitative estimate of drug-likeness (QED) is 0.400. The van der Waals surface area contributed by atoms with Gasteiger partial charge >= 0.3 is 0 Å². The van der Waals surface area contributed by atoms with E-state index in [1.807, 2.05) is 0 Å². The van der Waals surface area contributed by atoms with E-state index in [2.05, 4.69) is 22.1 Å². The fourth-order valence-corrected chi connectivity index (χ4v) is 4.01. The molecule has 3 heterocycles. The zero-order valence-corrected chi connectivity index (χ0v) is 17.6. The molecule has 9 heteroatoms. The lowest BCUT2D eigenvalue weighted by Gasteiger charge is -2.27.